The zero-order chi connectivity index (χ0) is 21.9. The second kappa shape index (κ2) is 9.04. The summed E-state index contributed by atoms with van der Waals surface area (Å²) in [4.78, 5) is 14.0. The molecule has 0 aliphatic carbocycles. The number of aromatic nitrogens is 3. The number of rotatable bonds is 6. The van der Waals surface area contributed by atoms with Crippen molar-refractivity contribution in [3.8, 4) is 11.4 Å². The van der Waals surface area contributed by atoms with Crippen LogP contribution in [0.15, 0.2) is 59.8 Å². The molecule has 1 atom stereocenters. The van der Waals surface area contributed by atoms with E-state index in [2.05, 4.69) is 71.9 Å². The van der Waals surface area contributed by atoms with Crippen LogP contribution >= 0.6 is 11.8 Å². The van der Waals surface area contributed by atoms with Gasteiger partial charge in [-0.2, -0.15) is 0 Å². The fourth-order valence-electron chi connectivity index (χ4n) is 3.19. The van der Waals surface area contributed by atoms with Crippen molar-refractivity contribution in [3.05, 3.63) is 65.7 Å². The van der Waals surface area contributed by atoms with Crippen LogP contribution in [0.2, 0.25) is 0 Å². The minimum atomic E-state index is -0.241. The highest BCUT2D eigenvalue weighted by molar-refractivity contribution is 8.00. The van der Waals surface area contributed by atoms with Crippen molar-refractivity contribution in [2.45, 2.75) is 50.1 Å². The monoisotopic (exact) mass is 422 g/mol. The van der Waals surface area contributed by atoms with Gasteiger partial charge in [-0.15, -0.1) is 10.2 Å². The van der Waals surface area contributed by atoms with Crippen LogP contribution in [-0.4, -0.2) is 44.9 Å². The molecule has 0 aliphatic rings. The third kappa shape index (κ3) is 5.11. The SMILES string of the molecule is C[C@@H](Sc1nnc(-c2ccc(C(C)(C)C)cc2)n1Cc1ccccc1)C(=O)N(C)C. The summed E-state index contributed by atoms with van der Waals surface area (Å²) < 4.78 is 2.10. The molecule has 0 saturated heterocycles. The smallest absolute Gasteiger partial charge is 0.235 e. The molecular formula is C24H30N4OS. The minimum absolute atomic E-state index is 0.0605. The highest BCUT2D eigenvalue weighted by Gasteiger charge is 2.22. The summed E-state index contributed by atoms with van der Waals surface area (Å²) in [6, 6.07) is 18.8. The molecule has 0 unspecified atom stereocenters. The molecule has 2 aromatic carbocycles. The standard InChI is InChI=1S/C24H30N4OS/c1-17(22(29)27(5)6)30-23-26-25-21(28(23)16-18-10-8-7-9-11-18)19-12-14-20(15-13-19)24(2,3)4/h7-15,17H,16H2,1-6H3/t17-/m1/s1. The van der Waals surface area contributed by atoms with E-state index in [4.69, 9.17) is 0 Å². The van der Waals surface area contributed by atoms with Gasteiger partial charge in [-0.05, 0) is 23.5 Å². The van der Waals surface area contributed by atoms with E-state index in [1.165, 1.54) is 22.9 Å². The van der Waals surface area contributed by atoms with E-state index in [0.717, 1.165) is 16.5 Å². The molecule has 1 aromatic heterocycles. The number of hydrogen-bond acceptors (Lipinski definition) is 4. The van der Waals surface area contributed by atoms with Crippen molar-refractivity contribution in [2.75, 3.05) is 14.1 Å². The van der Waals surface area contributed by atoms with Gasteiger partial charge in [-0.1, -0.05) is 87.1 Å². The summed E-state index contributed by atoms with van der Waals surface area (Å²) in [7, 11) is 3.55. The largest absolute Gasteiger partial charge is 0.348 e. The number of thioether (sulfide) groups is 1. The van der Waals surface area contributed by atoms with Crippen LogP contribution in [0.4, 0.5) is 0 Å². The molecule has 0 saturated carbocycles. The summed E-state index contributed by atoms with van der Waals surface area (Å²) >= 11 is 1.45. The minimum Gasteiger partial charge on any atom is -0.348 e. The zero-order valence-electron chi connectivity index (χ0n) is 18.6. The van der Waals surface area contributed by atoms with E-state index in [1.807, 2.05) is 25.1 Å². The van der Waals surface area contributed by atoms with Gasteiger partial charge >= 0.3 is 0 Å². The summed E-state index contributed by atoms with van der Waals surface area (Å²) in [5.41, 5.74) is 3.56. The Hall–Kier alpha value is -2.60. The first-order valence-electron chi connectivity index (χ1n) is 10.1. The lowest BCUT2D eigenvalue weighted by Crippen LogP contribution is -2.29. The highest BCUT2D eigenvalue weighted by atomic mass is 32.2. The molecule has 0 fully saturated rings. The molecule has 3 aromatic rings. The van der Waals surface area contributed by atoms with E-state index >= 15 is 0 Å². The van der Waals surface area contributed by atoms with Crippen LogP contribution < -0.4 is 0 Å². The van der Waals surface area contributed by atoms with Gasteiger partial charge in [0.2, 0.25) is 5.91 Å². The molecule has 5 nitrogen and oxygen atoms in total. The van der Waals surface area contributed by atoms with E-state index in [0.29, 0.717) is 6.54 Å². The van der Waals surface area contributed by atoms with Crippen molar-refractivity contribution in [2.24, 2.45) is 0 Å². The van der Waals surface area contributed by atoms with Crippen LogP contribution in [0, 0.1) is 0 Å². The second-order valence-electron chi connectivity index (χ2n) is 8.70. The molecule has 6 heteroatoms. The topological polar surface area (TPSA) is 51.0 Å². The maximum atomic E-state index is 12.4. The van der Waals surface area contributed by atoms with Gasteiger partial charge in [-0.3, -0.25) is 9.36 Å². The Balaban J connectivity index is 1.98. The predicted octanol–water partition coefficient (Wildman–Crippen LogP) is 4.86. The summed E-state index contributed by atoms with van der Waals surface area (Å²) in [5, 5.41) is 9.45. The molecule has 0 radical (unpaired) electrons. The molecule has 3 rings (SSSR count). The van der Waals surface area contributed by atoms with E-state index in [9.17, 15) is 4.79 Å². The van der Waals surface area contributed by atoms with Gasteiger partial charge < -0.3 is 4.90 Å². The van der Waals surface area contributed by atoms with Gasteiger partial charge in [0.05, 0.1) is 11.8 Å². The number of carbonyl (C=O) groups excluding carboxylic acids is 1. The average molecular weight is 423 g/mol. The Morgan fingerprint density at radius 1 is 1.03 bits per heavy atom. The average Bonchev–Trinajstić information content (AvgIpc) is 3.09. The number of nitrogens with zero attached hydrogens (tertiary/aromatic N) is 4. The Kier molecular flexibility index (Phi) is 6.66. The van der Waals surface area contributed by atoms with Gasteiger partial charge in [-0.25, -0.2) is 0 Å². The molecule has 158 valence electrons. The number of benzene rings is 2. The molecule has 30 heavy (non-hydrogen) atoms. The summed E-state index contributed by atoms with van der Waals surface area (Å²) in [5.74, 6) is 0.872. The summed E-state index contributed by atoms with van der Waals surface area (Å²) in [6.07, 6.45) is 0. The highest BCUT2D eigenvalue weighted by Crippen LogP contribution is 2.30. The van der Waals surface area contributed by atoms with Crippen molar-refractivity contribution in [1.82, 2.24) is 19.7 Å². The Labute approximate surface area is 183 Å². The summed E-state index contributed by atoms with van der Waals surface area (Å²) in [6.45, 7) is 9.18. The van der Waals surface area contributed by atoms with Gasteiger partial charge in [0.25, 0.3) is 0 Å². The maximum absolute atomic E-state index is 12.4. The predicted molar refractivity (Wildman–Crippen MR) is 124 cm³/mol. The quantitative estimate of drug-likeness (QED) is 0.532. The fourth-order valence-corrected chi connectivity index (χ4v) is 4.18. The molecule has 1 heterocycles. The number of hydrogen-bond donors (Lipinski definition) is 0. The van der Waals surface area contributed by atoms with Crippen LogP contribution in [0.5, 0.6) is 0 Å². The van der Waals surface area contributed by atoms with Crippen LogP contribution in [0.25, 0.3) is 11.4 Å². The van der Waals surface area contributed by atoms with E-state index in [-0.39, 0.29) is 16.6 Å². The zero-order valence-corrected chi connectivity index (χ0v) is 19.4. The van der Waals surface area contributed by atoms with Gasteiger partial charge in [0, 0.05) is 19.7 Å². The van der Waals surface area contributed by atoms with E-state index in [1.54, 1.807) is 19.0 Å². The lowest BCUT2D eigenvalue weighted by Gasteiger charge is -2.19. The lowest BCUT2D eigenvalue weighted by molar-refractivity contribution is -0.127. The van der Waals surface area contributed by atoms with Gasteiger partial charge in [0.15, 0.2) is 11.0 Å². The van der Waals surface area contributed by atoms with Crippen LogP contribution in [-0.2, 0) is 16.8 Å². The molecule has 1 amide bonds. The van der Waals surface area contributed by atoms with Crippen molar-refractivity contribution < 1.29 is 4.79 Å². The first-order valence-corrected chi connectivity index (χ1v) is 11.0. The fraction of sp³-hybridized carbons (Fsp3) is 0.375. The Bertz CT molecular complexity index is 988. The number of carbonyl (C=O) groups is 1. The van der Waals surface area contributed by atoms with Crippen LogP contribution in [0.1, 0.15) is 38.8 Å². The Morgan fingerprint density at radius 2 is 1.67 bits per heavy atom. The molecule has 0 spiro atoms. The van der Waals surface area contributed by atoms with Crippen molar-refractivity contribution in [3.63, 3.8) is 0 Å². The third-order valence-corrected chi connectivity index (χ3v) is 6.05. The number of amides is 1. The van der Waals surface area contributed by atoms with Crippen molar-refractivity contribution >= 4 is 17.7 Å². The molecule has 0 aliphatic heterocycles. The molecule has 0 bridgehead atoms. The molecule has 0 N–H and O–H groups in total. The molecular weight excluding hydrogens is 392 g/mol. The Morgan fingerprint density at radius 3 is 2.23 bits per heavy atom. The first-order chi connectivity index (χ1) is 14.2. The van der Waals surface area contributed by atoms with Gasteiger partial charge in [0.1, 0.15) is 0 Å². The second-order valence-corrected chi connectivity index (χ2v) is 10.0. The van der Waals surface area contributed by atoms with Crippen molar-refractivity contribution in [1.29, 1.82) is 0 Å². The lowest BCUT2D eigenvalue weighted by atomic mass is 9.87. The first kappa shape index (κ1) is 22.1. The van der Waals surface area contributed by atoms with Crippen LogP contribution in [0.3, 0.4) is 0 Å². The normalized spacial score (nSPS) is 12.6. The van der Waals surface area contributed by atoms with E-state index < -0.39 is 0 Å². The third-order valence-electron chi connectivity index (χ3n) is 4.98. The maximum Gasteiger partial charge on any atom is 0.235 e.